The number of halogens is 1. The van der Waals surface area contributed by atoms with Gasteiger partial charge in [0.05, 0.1) is 13.7 Å². The molecule has 0 saturated carbocycles. The maximum atomic E-state index is 13.3. The normalized spacial score (nSPS) is 21.1. The third-order valence-electron chi connectivity index (χ3n) is 4.90. The summed E-state index contributed by atoms with van der Waals surface area (Å²) in [7, 11) is 1.54. The van der Waals surface area contributed by atoms with Gasteiger partial charge < -0.3 is 15.0 Å². The van der Waals surface area contributed by atoms with Crippen molar-refractivity contribution in [1.29, 1.82) is 0 Å². The van der Waals surface area contributed by atoms with Gasteiger partial charge in [0.25, 0.3) is 11.8 Å². The quantitative estimate of drug-likeness (QED) is 0.800. The standard InChI is InChI=1S/C19H16FN3O4/c1-27-14-6-7-15-11(8-14)9-23(16(15)24)10-19(17(25)21-18(26)22-19)12-2-4-13(20)5-3-12/h2-8H,9-10H2,1H3,(H2,21,22,25,26). The molecule has 2 N–H and O–H groups in total. The van der Waals surface area contributed by atoms with Crippen molar-refractivity contribution in [3.63, 3.8) is 0 Å². The minimum atomic E-state index is -1.48. The number of urea groups is 1. The molecule has 0 aromatic heterocycles. The van der Waals surface area contributed by atoms with E-state index in [1.807, 2.05) is 0 Å². The minimum absolute atomic E-state index is 0.0773. The zero-order valence-corrected chi connectivity index (χ0v) is 14.4. The summed E-state index contributed by atoms with van der Waals surface area (Å²) in [5.41, 5.74) is 0.216. The van der Waals surface area contributed by atoms with Crippen LogP contribution in [-0.4, -0.2) is 36.4 Å². The van der Waals surface area contributed by atoms with Gasteiger partial charge >= 0.3 is 6.03 Å². The predicted molar refractivity (Wildman–Crippen MR) is 92.5 cm³/mol. The Kier molecular flexibility index (Phi) is 3.83. The van der Waals surface area contributed by atoms with Gasteiger partial charge in [-0.2, -0.15) is 0 Å². The molecule has 2 heterocycles. The van der Waals surface area contributed by atoms with Gasteiger partial charge in [-0.3, -0.25) is 14.9 Å². The number of benzene rings is 2. The number of hydrogen-bond acceptors (Lipinski definition) is 4. The molecule has 4 rings (SSSR count). The van der Waals surface area contributed by atoms with Crippen LogP contribution >= 0.6 is 0 Å². The summed E-state index contributed by atoms with van der Waals surface area (Å²) in [5.74, 6) is -0.664. The van der Waals surface area contributed by atoms with Gasteiger partial charge in [-0.1, -0.05) is 12.1 Å². The molecule has 27 heavy (non-hydrogen) atoms. The van der Waals surface area contributed by atoms with Gasteiger partial charge in [0.15, 0.2) is 5.54 Å². The van der Waals surface area contributed by atoms with E-state index in [9.17, 15) is 18.8 Å². The van der Waals surface area contributed by atoms with Crippen LogP contribution in [0.5, 0.6) is 5.75 Å². The molecule has 1 unspecified atom stereocenters. The number of fused-ring (bicyclic) bond motifs is 1. The van der Waals surface area contributed by atoms with Gasteiger partial charge in [0, 0.05) is 12.1 Å². The average Bonchev–Trinajstić information content (AvgIpc) is 3.11. The van der Waals surface area contributed by atoms with Crippen LogP contribution in [0.4, 0.5) is 9.18 Å². The number of amides is 4. The maximum absolute atomic E-state index is 13.3. The van der Waals surface area contributed by atoms with Gasteiger partial charge in [-0.15, -0.1) is 0 Å². The van der Waals surface area contributed by atoms with Crippen LogP contribution in [0.3, 0.4) is 0 Å². The Hall–Kier alpha value is -3.42. The van der Waals surface area contributed by atoms with Gasteiger partial charge in [0.1, 0.15) is 11.6 Å². The van der Waals surface area contributed by atoms with Crippen molar-refractivity contribution >= 4 is 17.8 Å². The number of rotatable bonds is 4. The first-order chi connectivity index (χ1) is 12.9. The fourth-order valence-corrected chi connectivity index (χ4v) is 3.53. The van der Waals surface area contributed by atoms with E-state index in [1.165, 1.54) is 36.3 Å². The molecule has 0 bridgehead atoms. The summed E-state index contributed by atoms with van der Waals surface area (Å²) < 4.78 is 18.5. The van der Waals surface area contributed by atoms with E-state index in [0.717, 1.165) is 5.56 Å². The molecule has 8 heteroatoms. The van der Waals surface area contributed by atoms with Crippen LogP contribution in [0.2, 0.25) is 0 Å². The molecular formula is C19H16FN3O4. The van der Waals surface area contributed by atoms with Crippen molar-refractivity contribution in [1.82, 2.24) is 15.5 Å². The Bertz CT molecular complexity index is 960. The molecule has 2 aliphatic heterocycles. The SMILES string of the molecule is COc1ccc2c(c1)CN(CC1(c3ccc(F)cc3)NC(=O)NC1=O)C2=O. The molecule has 7 nitrogen and oxygen atoms in total. The zero-order valence-electron chi connectivity index (χ0n) is 14.4. The van der Waals surface area contributed by atoms with Crippen molar-refractivity contribution < 1.29 is 23.5 Å². The second kappa shape index (κ2) is 6.08. The van der Waals surface area contributed by atoms with Gasteiger partial charge in [0.2, 0.25) is 0 Å². The van der Waals surface area contributed by atoms with E-state index >= 15 is 0 Å². The maximum Gasteiger partial charge on any atom is 0.322 e. The van der Waals surface area contributed by atoms with Crippen LogP contribution in [0.25, 0.3) is 0 Å². The molecule has 138 valence electrons. The third-order valence-corrected chi connectivity index (χ3v) is 4.90. The van der Waals surface area contributed by atoms with Crippen LogP contribution in [0.1, 0.15) is 21.5 Å². The monoisotopic (exact) mass is 369 g/mol. The van der Waals surface area contributed by atoms with Gasteiger partial charge in [-0.25, -0.2) is 9.18 Å². The first kappa shape index (κ1) is 17.0. The summed E-state index contributed by atoms with van der Waals surface area (Å²) in [5, 5.41) is 4.82. The molecule has 2 aliphatic rings. The fraction of sp³-hybridized carbons (Fsp3) is 0.211. The van der Waals surface area contributed by atoms with E-state index in [4.69, 9.17) is 4.74 Å². The fourth-order valence-electron chi connectivity index (χ4n) is 3.53. The minimum Gasteiger partial charge on any atom is -0.497 e. The van der Waals surface area contributed by atoms with E-state index in [1.54, 1.807) is 18.2 Å². The molecular weight excluding hydrogens is 353 g/mol. The highest BCUT2D eigenvalue weighted by atomic mass is 19.1. The largest absolute Gasteiger partial charge is 0.497 e. The Morgan fingerprint density at radius 3 is 2.52 bits per heavy atom. The van der Waals surface area contributed by atoms with Crippen molar-refractivity contribution in [3.8, 4) is 5.75 Å². The molecule has 2 aromatic carbocycles. The van der Waals surface area contributed by atoms with Crippen LogP contribution in [0, 0.1) is 5.82 Å². The highest BCUT2D eigenvalue weighted by Gasteiger charge is 2.50. The Labute approximate surface area is 154 Å². The highest BCUT2D eigenvalue weighted by Crippen LogP contribution is 2.32. The summed E-state index contributed by atoms with van der Waals surface area (Å²) in [6, 6.07) is 9.75. The molecule has 0 radical (unpaired) electrons. The summed E-state index contributed by atoms with van der Waals surface area (Å²) in [6.07, 6.45) is 0. The number of hydrogen-bond donors (Lipinski definition) is 2. The Balaban J connectivity index is 1.69. The van der Waals surface area contributed by atoms with Crippen LogP contribution in [0.15, 0.2) is 42.5 Å². The number of imide groups is 1. The van der Waals surface area contributed by atoms with Crippen LogP contribution in [-0.2, 0) is 16.9 Å². The topological polar surface area (TPSA) is 87.7 Å². The lowest BCUT2D eigenvalue weighted by Crippen LogP contribution is -2.52. The van der Waals surface area contributed by atoms with E-state index in [0.29, 0.717) is 16.9 Å². The predicted octanol–water partition coefficient (Wildman–Crippen LogP) is 1.52. The molecule has 1 fully saturated rings. The molecule has 1 atom stereocenters. The zero-order chi connectivity index (χ0) is 19.2. The van der Waals surface area contributed by atoms with E-state index in [2.05, 4.69) is 10.6 Å². The lowest BCUT2D eigenvalue weighted by molar-refractivity contribution is -0.124. The molecule has 0 spiro atoms. The number of nitrogens with one attached hydrogen (secondary N) is 2. The number of nitrogens with zero attached hydrogens (tertiary/aromatic N) is 1. The highest BCUT2D eigenvalue weighted by molar-refractivity contribution is 6.08. The van der Waals surface area contributed by atoms with Gasteiger partial charge in [-0.05, 0) is 41.5 Å². The van der Waals surface area contributed by atoms with Crippen molar-refractivity contribution in [2.75, 3.05) is 13.7 Å². The van der Waals surface area contributed by atoms with E-state index in [-0.39, 0.29) is 19.0 Å². The Morgan fingerprint density at radius 1 is 1.15 bits per heavy atom. The molecule has 2 aromatic rings. The summed E-state index contributed by atoms with van der Waals surface area (Å²) in [4.78, 5) is 38.7. The van der Waals surface area contributed by atoms with Crippen LogP contribution < -0.4 is 15.4 Å². The second-order valence-electron chi connectivity index (χ2n) is 6.50. The third kappa shape index (κ3) is 2.69. The molecule has 1 saturated heterocycles. The number of carbonyl (C=O) groups excluding carboxylic acids is 3. The first-order valence-corrected chi connectivity index (χ1v) is 8.29. The number of carbonyl (C=O) groups is 3. The number of ether oxygens (including phenoxy) is 1. The second-order valence-corrected chi connectivity index (χ2v) is 6.50. The lowest BCUT2D eigenvalue weighted by Gasteiger charge is -2.31. The van der Waals surface area contributed by atoms with Crippen molar-refractivity contribution in [3.05, 3.63) is 65.0 Å². The lowest BCUT2D eigenvalue weighted by atomic mass is 9.89. The number of methoxy groups -OCH3 is 1. The summed E-state index contributed by atoms with van der Waals surface area (Å²) >= 11 is 0. The van der Waals surface area contributed by atoms with E-state index < -0.39 is 23.3 Å². The summed E-state index contributed by atoms with van der Waals surface area (Å²) in [6.45, 7) is 0.198. The molecule has 4 amide bonds. The smallest absolute Gasteiger partial charge is 0.322 e. The van der Waals surface area contributed by atoms with Crippen molar-refractivity contribution in [2.45, 2.75) is 12.1 Å². The van der Waals surface area contributed by atoms with Crippen molar-refractivity contribution in [2.24, 2.45) is 0 Å². The molecule has 0 aliphatic carbocycles. The Morgan fingerprint density at radius 2 is 1.89 bits per heavy atom. The average molecular weight is 369 g/mol. The first-order valence-electron chi connectivity index (χ1n) is 8.29.